The Hall–Kier alpha value is -2.68. The quantitative estimate of drug-likeness (QED) is 0.431. The molecule has 0 aromatic heterocycles. The summed E-state index contributed by atoms with van der Waals surface area (Å²) in [5.74, 6) is -0.363. The number of carbonyl (C=O) groups excluding carboxylic acids is 1. The fraction of sp³-hybridized carbons (Fsp3) is 0.269. The molecule has 3 aromatic rings. The van der Waals surface area contributed by atoms with Gasteiger partial charge in [0.2, 0.25) is 5.91 Å². The number of likely N-dealkylation sites (tertiary alicyclic amines) is 1. The molecule has 0 unspecified atom stereocenters. The van der Waals surface area contributed by atoms with Gasteiger partial charge in [-0.3, -0.25) is 14.0 Å². The fourth-order valence-electron chi connectivity index (χ4n) is 4.09. The molecule has 0 radical (unpaired) electrons. The van der Waals surface area contributed by atoms with Crippen LogP contribution in [-0.2, 0) is 27.9 Å². The third-order valence-corrected chi connectivity index (χ3v) is 8.24. The molecule has 4 rings (SSSR count). The van der Waals surface area contributed by atoms with Crippen LogP contribution in [0.4, 0.5) is 5.69 Å². The lowest BCUT2D eigenvalue weighted by Gasteiger charge is -2.24. The van der Waals surface area contributed by atoms with Gasteiger partial charge in [-0.05, 0) is 73.5 Å². The number of amides is 1. The zero-order valence-electron chi connectivity index (χ0n) is 18.9. The molecule has 1 aliphatic rings. The Morgan fingerprint density at radius 2 is 1.50 bits per heavy atom. The van der Waals surface area contributed by atoms with E-state index in [1.807, 2.05) is 18.2 Å². The first-order chi connectivity index (χ1) is 16.4. The summed E-state index contributed by atoms with van der Waals surface area (Å²) in [5, 5.41) is 2.93. The fourth-order valence-corrected chi connectivity index (χ4v) is 5.79. The van der Waals surface area contributed by atoms with E-state index in [4.69, 9.17) is 0 Å². The Kier molecular flexibility index (Phi) is 8.03. The van der Waals surface area contributed by atoms with Gasteiger partial charge in [-0.1, -0.05) is 58.4 Å². The number of anilines is 1. The van der Waals surface area contributed by atoms with Crippen molar-refractivity contribution in [2.45, 2.75) is 30.8 Å². The third kappa shape index (κ3) is 6.05. The number of hydrogen-bond donors (Lipinski definition) is 1. The van der Waals surface area contributed by atoms with E-state index < -0.39 is 10.0 Å². The Morgan fingerprint density at radius 1 is 0.882 bits per heavy atom. The van der Waals surface area contributed by atoms with Crippen molar-refractivity contribution in [1.82, 2.24) is 10.2 Å². The van der Waals surface area contributed by atoms with Crippen LogP contribution in [0.15, 0.2) is 88.2 Å². The predicted molar refractivity (Wildman–Crippen MR) is 138 cm³/mol. The number of benzene rings is 3. The first kappa shape index (κ1) is 24.4. The van der Waals surface area contributed by atoms with Crippen molar-refractivity contribution in [3.8, 4) is 0 Å². The molecule has 0 saturated carbocycles. The molecule has 1 N–H and O–H groups in total. The van der Waals surface area contributed by atoms with Gasteiger partial charge in [0.25, 0.3) is 10.0 Å². The van der Waals surface area contributed by atoms with Gasteiger partial charge >= 0.3 is 0 Å². The molecule has 8 heteroatoms. The monoisotopic (exact) mass is 541 g/mol. The summed E-state index contributed by atoms with van der Waals surface area (Å²) in [6.45, 7) is 3.09. The van der Waals surface area contributed by atoms with Crippen LogP contribution in [-0.4, -0.2) is 38.9 Å². The van der Waals surface area contributed by atoms with Crippen molar-refractivity contribution < 1.29 is 13.2 Å². The van der Waals surface area contributed by atoms with E-state index in [9.17, 15) is 13.2 Å². The van der Waals surface area contributed by atoms with Crippen LogP contribution in [0.1, 0.15) is 24.0 Å². The zero-order chi connectivity index (χ0) is 24.0. The summed E-state index contributed by atoms with van der Waals surface area (Å²) in [6, 6.07) is 23.1. The van der Waals surface area contributed by atoms with Crippen molar-refractivity contribution in [1.29, 1.82) is 0 Å². The standard InChI is InChI=1S/C26H28BrN3O3S/c27-23-12-14-24(15-13-23)30(34(32,33)25-10-2-1-3-11-25)20-26(31)28-18-21-8-4-5-9-22(21)19-29-16-6-7-17-29/h1-5,8-15H,6-7,16-20H2,(H,28,31). The molecule has 3 aromatic carbocycles. The molecule has 178 valence electrons. The SMILES string of the molecule is O=C(CN(c1ccc(Br)cc1)S(=O)(=O)c1ccccc1)NCc1ccccc1CN1CCCC1. The smallest absolute Gasteiger partial charge is 0.264 e. The topological polar surface area (TPSA) is 69.7 Å². The van der Waals surface area contributed by atoms with Gasteiger partial charge < -0.3 is 5.32 Å². The average Bonchev–Trinajstić information content (AvgIpc) is 3.36. The van der Waals surface area contributed by atoms with Crippen LogP contribution in [0, 0.1) is 0 Å². The van der Waals surface area contributed by atoms with Gasteiger partial charge in [0.05, 0.1) is 10.6 Å². The molecule has 1 fully saturated rings. The molecular formula is C26H28BrN3O3S. The Bertz CT molecular complexity index is 1210. The van der Waals surface area contributed by atoms with Crippen LogP contribution in [0.3, 0.4) is 0 Å². The number of rotatable bonds is 9. The maximum absolute atomic E-state index is 13.4. The largest absolute Gasteiger partial charge is 0.350 e. The summed E-state index contributed by atoms with van der Waals surface area (Å²) in [7, 11) is -3.92. The molecule has 1 amide bonds. The second-order valence-corrected chi connectivity index (χ2v) is 11.1. The number of nitrogens with zero attached hydrogens (tertiary/aromatic N) is 2. The van der Waals surface area contributed by atoms with Crippen molar-refractivity contribution in [3.05, 3.63) is 94.5 Å². The van der Waals surface area contributed by atoms with Gasteiger partial charge in [0, 0.05) is 17.6 Å². The van der Waals surface area contributed by atoms with E-state index in [1.54, 1.807) is 42.5 Å². The maximum Gasteiger partial charge on any atom is 0.264 e. The van der Waals surface area contributed by atoms with Crippen molar-refractivity contribution >= 4 is 37.5 Å². The normalized spacial score (nSPS) is 14.1. The summed E-state index contributed by atoms with van der Waals surface area (Å²) in [5.41, 5.74) is 2.66. The van der Waals surface area contributed by atoms with Crippen LogP contribution < -0.4 is 9.62 Å². The summed E-state index contributed by atoms with van der Waals surface area (Å²) in [6.07, 6.45) is 2.45. The number of carbonyl (C=O) groups is 1. The molecule has 0 bridgehead atoms. The van der Waals surface area contributed by atoms with E-state index in [-0.39, 0.29) is 17.3 Å². The van der Waals surface area contributed by atoms with E-state index in [2.05, 4.69) is 32.2 Å². The maximum atomic E-state index is 13.4. The predicted octanol–water partition coefficient (Wildman–Crippen LogP) is 4.56. The van der Waals surface area contributed by atoms with Gasteiger partial charge in [-0.15, -0.1) is 0 Å². The number of nitrogens with one attached hydrogen (secondary N) is 1. The lowest BCUT2D eigenvalue weighted by atomic mass is 10.1. The molecular weight excluding hydrogens is 514 g/mol. The second kappa shape index (κ2) is 11.2. The highest BCUT2D eigenvalue weighted by Crippen LogP contribution is 2.25. The van der Waals surface area contributed by atoms with Crippen LogP contribution in [0.2, 0.25) is 0 Å². The summed E-state index contributed by atoms with van der Waals surface area (Å²) >= 11 is 3.38. The first-order valence-corrected chi connectivity index (χ1v) is 13.6. The molecule has 0 spiro atoms. The highest BCUT2D eigenvalue weighted by molar-refractivity contribution is 9.10. The number of hydrogen-bond acceptors (Lipinski definition) is 4. The lowest BCUT2D eigenvalue weighted by molar-refractivity contribution is -0.119. The molecule has 0 atom stereocenters. The molecule has 6 nitrogen and oxygen atoms in total. The van der Waals surface area contributed by atoms with E-state index in [0.717, 1.165) is 34.0 Å². The minimum absolute atomic E-state index is 0.140. The van der Waals surface area contributed by atoms with Crippen molar-refractivity contribution in [2.24, 2.45) is 0 Å². The van der Waals surface area contributed by atoms with E-state index >= 15 is 0 Å². The first-order valence-electron chi connectivity index (χ1n) is 11.3. The van der Waals surface area contributed by atoms with Crippen LogP contribution >= 0.6 is 15.9 Å². The molecule has 34 heavy (non-hydrogen) atoms. The van der Waals surface area contributed by atoms with Crippen molar-refractivity contribution in [2.75, 3.05) is 23.9 Å². The Labute approximate surface area is 209 Å². The lowest BCUT2D eigenvalue weighted by Crippen LogP contribution is -2.40. The summed E-state index contributed by atoms with van der Waals surface area (Å²) < 4.78 is 28.8. The van der Waals surface area contributed by atoms with Crippen molar-refractivity contribution in [3.63, 3.8) is 0 Å². The molecule has 0 aliphatic carbocycles. The Balaban J connectivity index is 1.50. The van der Waals surface area contributed by atoms with Gasteiger partial charge in [0.1, 0.15) is 6.54 Å². The average molecular weight is 542 g/mol. The van der Waals surface area contributed by atoms with Crippen LogP contribution in [0.25, 0.3) is 0 Å². The van der Waals surface area contributed by atoms with Crippen LogP contribution in [0.5, 0.6) is 0 Å². The molecule has 1 aliphatic heterocycles. The van der Waals surface area contributed by atoms with Gasteiger partial charge in [-0.2, -0.15) is 0 Å². The van der Waals surface area contributed by atoms with E-state index in [0.29, 0.717) is 12.2 Å². The highest BCUT2D eigenvalue weighted by atomic mass is 79.9. The van der Waals surface area contributed by atoms with Gasteiger partial charge in [0.15, 0.2) is 0 Å². The van der Waals surface area contributed by atoms with E-state index in [1.165, 1.54) is 30.5 Å². The second-order valence-electron chi connectivity index (χ2n) is 8.33. The minimum atomic E-state index is -3.92. The number of halogens is 1. The zero-order valence-corrected chi connectivity index (χ0v) is 21.3. The Morgan fingerprint density at radius 3 is 2.18 bits per heavy atom. The molecule has 1 heterocycles. The molecule has 1 saturated heterocycles. The van der Waals surface area contributed by atoms with Gasteiger partial charge in [-0.25, -0.2) is 8.42 Å². The number of sulfonamides is 1. The minimum Gasteiger partial charge on any atom is -0.350 e. The highest BCUT2D eigenvalue weighted by Gasteiger charge is 2.27. The summed E-state index contributed by atoms with van der Waals surface area (Å²) in [4.78, 5) is 15.5. The third-order valence-electron chi connectivity index (χ3n) is 5.92.